The molecule has 0 saturated carbocycles. The molecule has 0 unspecified atom stereocenters. The van der Waals surface area contributed by atoms with Crippen LogP contribution in [0.2, 0.25) is 5.02 Å². The maximum atomic E-state index is 13.7. The zero-order valence-corrected chi connectivity index (χ0v) is 19.6. The van der Waals surface area contributed by atoms with Gasteiger partial charge in [0.2, 0.25) is 0 Å². The van der Waals surface area contributed by atoms with E-state index in [1.54, 1.807) is 0 Å². The highest BCUT2D eigenvalue weighted by molar-refractivity contribution is 6.31. The van der Waals surface area contributed by atoms with Crippen molar-refractivity contribution in [3.05, 3.63) is 94.3 Å². The molecule has 1 fully saturated rings. The highest BCUT2D eigenvalue weighted by atomic mass is 35.5. The van der Waals surface area contributed by atoms with E-state index < -0.39 is 0 Å². The number of fused-ring (bicyclic) bond motifs is 1. The van der Waals surface area contributed by atoms with E-state index in [4.69, 9.17) is 11.6 Å². The summed E-state index contributed by atoms with van der Waals surface area (Å²) >= 11 is 6.36. The molecule has 2 aliphatic heterocycles. The number of carbonyl (C=O) groups is 1. The monoisotopic (exact) mass is 462 g/mol. The molecule has 0 aliphatic carbocycles. The minimum absolute atomic E-state index is 0.107. The molecule has 0 bridgehead atoms. The Hall–Kier alpha value is -2.69. The van der Waals surface area contributed by atoms with E-state index >= 15 is 0 Å². The predicted molar refractivity (Wildman–Crippen MR) is 132 cm³/mol. The maximum Gasteiger partial charge on any atom is 0.250 e. The molecule has 0 N–H and O–H groups in total. The summed E-state index contributed by atoms with van der Waals surface area (Å²) in [4.78, 5) is 17.9. The maximum absolute atomic E-state index is 13.7. The minimum Gasteiger partial charge on any atom is -0.335 e. The number of likely N-dealkylation sites (tertiary alicyclic amines) is 1. The molecule has 1 amide bonds. The second-order valence-corrected chi connectivity index (χ2v) is 9.73. The van der Waals surface area contributed by atoms with Crippen LogP contribution in [0.25, 0.3) is 10.8 Å². The molecule has 0 aromatic heterocycles. The molecular weight excluding hydrogens is 435 g/mol. The summed E-state index contributed by atoms with van der Waals surface area (Å²) in [5.41, 5.74) is 2.72. The lowest BCUT2D eigenvalue weighted by atomic mass is 9.67. The molecule has 3 aromatic rings. The van der Waals surface area contributed by atoms with Crippen LogP contribution >= 0.6 is 11.6 Å². The van der Waals surface area contributed by atoms with Crippen LogP contribution in [0, 0.1) is 5.82 Å². The zero-order chi connectivity index (χ0) is 23.0. The fourth-order valence-electron chi connectivity index (χ4n) is 5.43. The first-order chi connectivity index (χ1) is 16.0. The molecule has 2 heterocycles. The van der Waals surface area contributed by atoms with E-state index in [0.717, 1.165) is 59.5 Å². The van der Waals surface area contributed by atoms with Gasteiger partial charge in [0.1, 0.15) is 5.82 Å². The van der Waals surface area contributed by atoms with E-state index in [1.165, 1.54) is 17.5 Å². The van der Waals surface area contributed by atoms with Gasteiger partial charge >= 0.3 is 0 Å². The fraction of sp³-hybridized carbons (Fsp3) is 0.321. The molecule has 1 saturated heterocycles. The van der Waals surface area contributed by atoms with Gasteiger partial charge < -0.3 is 9.80 Å². The Labute approximate surface area is 199 Å². The average Bonchev–Trinajstić information content (AvgIpc) is 3.19. The van der Waals surface area contributed by atoms with E-state index in [0.29, 0.717) is 13.1 Å². The molecule has 0 spiro atoms. The number of hydrogen-bond acceptors (Lipinski definition) is 2. The number of nitrogens with zero attached hydrogens (tertiary/aromatic N) is 2. The molecule has 3 aromatic carbocycles. The number of hydrogen-bond donors (Lipinski definition) is 0. The number of piperidine rings is 1. The van der Waals surface area contributed by atoms with Gasteiger partial charge in [-0.15, -0.1) is 0 Å². The summed E-state index contributed by atoms with van der Waals surface area (Å²) in [5.74, 6) is -0.140. The standard InChI is InChI=1S/C28H28ClFN2O/c1-31-16-12-28(13-17-31,22-6-8-24(30)9-7-22)26-11-15-32(27(26)33)14-10-21-19-23(29)18-20-4-2-3-5-25(20)21/h2-9,11,18-19H,10,12-17H2,1H3. The highest BCUT2D eigenvalue weighted by Crippen LogP contribution is 2.44. The second kappa shape index (κ2) is 8.92. The van der Waals surface area contributed by atoms with Crippen molar-refractivity contribution in [1.82, 2.24) is 9.80 Å². The third-order valence-corrected chi connectivity index (χ3v) is 7.57. The van der Waals surface area contributed by atoms with Crippen molar-refractivity contribution in [3.8, 4) is 0 Å². The fourth-order valence-corrected chi connectivity index (χ4v) is 5.68. The van der Waals surface area contributed by atoms with Gasteiger partial charge in [0.15, 0.2) is 0 Å². The Balaban J connectivity index is 1.38. The van der Waals surface area contributed by atoms with Crippen molar-refractivity contribution >= 4 is 28.3 Å². The lowest BCUT2D eigenvalue weighted by Crippen LogP contribution is -2.45. The Bertz CT molecular complexity index is 1210. The number of rotatable bonds is 5. The normalized spacial score (nSPS) is 18.7. The topological polar surface area (TPSA) is 23.6 Å². The van der Waals surface area contributed by atoms with Gasteiger partial charge in [0.25, 0.3) is 5.91 Å². The molecule has 170 valence electrons. The van der Waals surface area contributed by atoms with Crippen molar-refractivity contribution in [2.45, 2.75) is 24.7 Å². The SMILES string of the molecule is CN1CCC(C2=CCN(CCc3cc(Cl)cc4ccccc34)C2=O)(c2ccc(F)cc2)CC1. The number of benzene rings is 3. The van der Waals surface area contributed by atoms with Gasteiger partial charge in [0, 0.05) is 29.1 Å². The van der Waals surface area contributed by atoms with Crippen molar-refractivity contribution in [2.75, 3.05) is 33.2 Å². The number of carbonyl (C=O) groups excluding carboxylic acids is 1. The van der Waals surface area contributed by atoms with Crippen LogP contribution in [0.1, 0.15) is 24.0 Å². The van der Waals surface area contributed by atoms with E-state index in [2.05, 4.69) is 30.2 Å². The lowest BCUT2D eigenvalue weighted by Gasteiger charge is -2.42. The molecule has 5 rings (SSSR count). The van der Waals surface area contributed by atoms with E-state index in [9.17, 15) is 9.18 Å². The van der Waals surface area contributed by atoms with Crippen LogP contribution in [0.4, 0.5) is 4.39 Å². The Morgan fingerprint density at radius 3 is 2.52 bits per heavy atom. The van der Waals surface area contributed by atoms with E-state index in [1.807, 2.05) is 41.3 Å². The van der Waals surface area contributed by atoms with Crippen molar-refractivity contribution < 1.29 is 9.18 Å². The Kier molecular flexibility index (Phi) is 5.98. The van der Waals surface area contributed by atoms with Crippen molar-refractivity contribution in [2.24, 2.45) is 0 Å². The molecule has 3 nitrogen and oxygen atoms in total. The molecule has 5 heteroatoms. The van der Waals surface area contributed by atoms with Crippen molar-refractivity contribution in [3.63, 3.8) is 0 Å². The second-order valence-electron chi connectivity index (χ2n) is 9.30. The van der Waals surface area contributed by atoms with Gasteiger partial charge in [0.05, 0.1) is 0 Å². The van der Waals surface area contributed by atoms with Crippen molar-refractivity contribution in [1.29, 1.82) is 0 Å². The number of halogens is 2. The van der Waals surface area contributed by atoms with Gasteiger partial charge in [-0.25, -0.2) is 4.39 Å². The summed E-state index contributed by atoms with van der Waals surface area (Å²) in [5, 5.41) is 3.02. The van der Waals surface area contributed by atoms with E-state index in [-0.39, 0.29) is 17.1 Å². The largest absolute Gasteiger partial charge is 0.335 e. The van der Waals surface area contributed by atoms with Crippen LogP contribution in [0.15, 0.2) is 72.3 Å². The third-order valence-electron chi connectivity index (χ3n) is 7.35. The third kappa shape index (κ3) is 4.18. The molecule has 0 radical (unpaired) electrons. The molecular formula is C28H28ClFN2O. The minimum atomic E-state index is -0.352. The van der Waals surface area contributed by atoms with Crippen LogP contribution in [0.5, 0.6) is 0 Å². The Morgan fingerprint density at radius 2 is 1.76 bits per heavy atom. The summed E-state index contributed by atoms with van der Waals surface area (Å²) in [6.45, 7) is 3.08. The first kappa shape index (κ1) is 22.1. The zero-order valence-electron chi connectivity index (χ0n) is 18.9. The van der Waals surface area contributed by atoms with Crippen LogP contribution < -0.4 is 0 Å². The smallest absolute Gasteiger partial charge is 0.250 e. The molecule has 33 heavy (non-hydrogen) atoms. The summed E-state index contributed by atoms with van der Waals surface area (Å²) in [6, 6.07) is 19.0. The number of amides is 1. The first-order valence-electron chi connectivity index (χ1n) is 11.6. The van der Waals surface area contributed by atoms with Crippen LogP contribution in [-0.4, -0.2) is 48.9 Å². The van der Waals surface area contributed by atoms with Crippen LogP contribution in [-0.2, 0) is 16.6 Å². The van der Waals surface area contributed by atoms with Gasteiger partial charge in [-0.05, 0) is 85.6 Å². The van der Waals surface area contributed by atoms with Gasteiger partial charge in [-0.2, -0.15) is 0 Å². The first-order valence-corrected chi connectivity index (χ1v) is 12.0. The molecule has 2 aliphatic rings. The lowest BCUT2D eigenvalue weighted by molar-refractivity contribution is -0.126. The van der Waals surface area contributed by atoms with Gasteiger partial charge in [-0.3, -0.25) is 4.79 Å². The summed E-state index contributed by atoms with van der Waals surface area (Å²) in [6.07, 6.45) is 4.58. The van der Waals surface area contributed by atoms with Crippen LogP contribution in [0.3, 0.4) is 0 Å². The molecule has 0 atom stereocenters. The summed E-state index contributed by atoms with van der Waals surface area (Å²) < 4.78 is 13.7. The predicted octanol–water partition coefficient (Wildman–Crippen LogP) is 5.61. The van der Waals surface area contributed by atoms with Gasteiger partial charge in [-0.1, -0.05) is 54.1 Å². The quantitative estimate of drug-likeness (QED) is 0.492. The highest BCUT2D eigenvalue weighted by Gasteiger charge is 2.44. The summed E-state index contributed by atoms with van der Waals surface area (Å²) in [7, 11) is 2.11. The Morgan fingerprint density at radius 1 is 1.03 bits per heavy atom. The average molecular weight is 463 g/mol.